The molecule has 2 aromatic rings. The number of nitrogens with zero attached hydrogens (tertiary/aromatic N) is 1. The van der Waals surface area contributed by atoms with Gasteiger partial charge >= 0.3 is 11.9 Å². The lowest BCUT2D eigenvalue weighted by atomic mass is 10.1. The van der Waals surface area contributed by atoms with Gasteiger partial charge in [-0.05, 0) is 35.4 Å². The Labute approximate surface area is 163 Å². The lowest BCUT2D eigenvalue weighted by molar-refractivity contribution is -0.140. The normalized spacial score (nSPS) is 9.48. The summed E-state index contributed by atoms with van der Waals surface area (Å²) in [6, 6.07) is 9.71. The SMILES string of the molecule is COC(=O)Cc1ccc(F)cc1Br.COC(=O)Cc1ccc(F)cc1C#N. The second-order valence-electron chi connectivity index (χ2n) is 5.15. The predicted molar refractivity (Wildman–Crippen MR) is 96.7 cm³/mol. The molecule has 0 saturated heterocycles. The maximum atomic E-state index is 12.7. The molecule has 2 rings (SSSR count). The van der Waals surface area contributed by atoms with Crippen LogP contribution in [0.4, 0.5) is 8.78 Å². The van der Waals surface area contributed by atoms with Crippen molar-refractivity contribution in [2.75, 3.05) is 14.2 Å². The molecule has 0 aliphatic heterocycles. The van der Waals surface area contributed by atoms with E-state index in [0.717, 1.165) is 6.07 Å². The summed E-state index contributed by atoms with van der Waals surface area (Å²) in [4.78, 5) is 21.8. The third kappa shape index (κ3) is 7.54. The van der Waals surface area contributed by atoms with Crippen LogP contribution in [0, 0.1) is 23.0 Å². The molecule has 0 spiro atoms. The molecule has 0 bridgehead atoms. The molecule has 2 aromatic carbocycles. The second-order valence-corrected chi connectivity index (χ2v) is 6.01. The van der Waals surface area contributed by atoms with Crippen molar-refractivity contribution < 1.29 is 27.8 Å². The number of carbonyl (C=O) groups excluding carboxylic acids is 2. The van der Waals surface area contributed by atoms with Crippen LogP contribution in [0.2, 0.25) is 0 Å². The summed E-state index contributed by atoms with van der Waals surface area (Å²) in [5.41, 5.74) is 1.35. The second kappa shape index (κ2) is 11.0. The van der Waals surface area contributed by atoms with Crippen LogP contribution in [-0.4, -0.2) is 26.2 Å². The van der Waals surface area contributed by atoms with E-state index < -0.39 is 11.8 Å². The standard InChI is InChI=1S/C10H8FNO2.C9H8BrFO2/c1-14-10(13)5-7-2-3-9(11)4-8(7)6-12;1-13-9(12)4-6-2-3-7(11)5-8(6)10/h2-4H,5H2,1H3;2-3,5H,4H2,1H3. The van der Waals surface area contributed by atoms with Crippen molar-refractivity contribution in [3.05, 3.63) is 69.2 Å². The fourth-order valence-electron chi connectivity index (χ4n) is 1.93. The van der Waals surface area contributed by atoms with E-state index in [1.54, 1.807) is 6.07 Å². The zero-order chi connectivity index (χ0) is 20.4. The largest absolute Gasteiger partial charge is 0.469 e. The Morgan fingerprint density at radius 1 is 0.963 bits per heavy atom. The third-order valence-corrected chi connectivity index (χ3v) is 4.07. The van der Waals surface area contributed by atoms with Gasteiger partial charge < -0.3 is 9.47 Å². The minimum absolute atomic E-state index is 0.0142. The molecule has 0 radical (unpaired) electrons. The van der Waals surface area contributed by atoms with Crippen LogP contribution < -0.4 is 0 Å². The van der Waals surface area contributed by atoms with Crippen molar-refractivity contribution in [3.63, 3.8) is 0 Å². The first-order valence-electron chi connectivity index (χ1n) is 7.56. The van der Waals surface area contributed by atoms with E-state index in [1.807, 2.05) is 6.07 Å². The quantitative estimate of drug-likeness (QED) is 0.678. The number of hydrogen-bond acceptors (Lipinski definition) is 5. The number of ether oxygens (including phenoxy) is 2. The van der Waals surface area contributed by atoms with Gasteiger partial charge in [-0.25, -0.2) is 8.78 Å². The van der Waals surface area contributed by atoms with Gasteiger partial charge in [0.25, 0.3) is 0 Å². The van der Waals surface area contributed by atoms with Gasteiger partial charge in [-0.2, -0.15) is 5.26 Å². The number of methoxy groups -OCH3 is 2. The van der Waals surface area contributed by atoms with Gasteiger partial charge in [0.2, 0.25) is 0 Å². The molecule has 0 amide bonds. The fraction of sp³-hybridized carbons (Fsp3) is 0.211. The van der Waals surface area contributed by atoms with E-state index >= 15 is 0 Å². The molecule has 0 heterocycles. The molecule has 0 unspecified atom stereocenters. The van der Waals surface area contributed by atoms with Crippen molar-refractivity contribution in [1.29, 1.82) is 5.26 Å². The van der Waals surface area contributed by atoms with Crippen molar-refractivity contribution in [1.82, 2.24) is 0 Å². The highest BCUT2D eigenvalue weighted by Crippen LogP contribution is 2.18. The van der Waals surface area contributed by atoms with Crippen LogP contribution in [0.25, 0.3) is 0 Å². The maximum Gasteiger partial charge on any atom is 0.310 e. The van der Waals surface area contributed by atoms with E-state index in [1.165, 1.54) is 38.5 Å². The first kappa shape index (κ1) is 22.3. The molecular formula is C19H16BrF2NO4. The average Bonchev–Trinajstić information content (AvgIpc) is 2.65. The first-order chi connectivity index (χ1) is 12.8. The van der Waals surface area contributed by atoms with Gasteiger partial charge in [-0.1, -0.05) is 28.1 Å². The molecular weight excluding hydrogens is 424 g/mol. The molecule has 0 fully saturated rings. The molecule has 0 aliphatic rings. The number of halogens is 3. The number of esters is 2. The summed E-state index contributed by atoms with van der Waals surface area (Å²) in [6.07, 6.45) is 0.136. The zero-order valence-corrected chi connectivity index (χ0v) is 16.2. The first-order valence-corrected chi connectivity index (χ1v) is 8.36. The van der Waals surface area contributed by atoms with Crippen molar-refractivity contribution in [2.45, 2.75) is 12.8 Å². The van der Waals surface area contributed by atoms with Crippen LogP contribution in [-0.2, 0) is 31.9 Å². The minimum Gasteiger partial charge on any atom is -0.469 e. The number of rotatable bonds is 4. The Bertz CT molecular complexity index is 865. The van der Waals surface area contributed by atoms with E-state index in [4.69, 9.17) is 5.26 Å². The monoisotopic (exact) mass is 439 g/mol. The molecule has 8 heteroatoms. The molecule has 142 valence electrons. The lowest BCUT2D eigenvalue weighted by Gasteiger charge is -2.02. The van der Waals surface area contributed by atoms with Crippen molar-refractivity contribution in [2.24, 2.45) is 0 Å². The van der Waals surface area contributed by atoms with Gasteiger partial charge in [-0.3, -0.25) is 9.59 Å². The predicted octanol–water partition coefficient (Wildman–Crippen LogP) is 3.72. The Morgan fingerprint density at radius 2 is 1.44 bits per heavy atom. The molecule has 27 heavy (non-hydrogen) atoms. The number of carbonyl (C=O) groups is 2. The van der Waals surface area contributed by atoms with Gasteiger partial charge in [-0.15, -0.1) is 0 Å². The van der Waals surface area contributed by atoms with Gasteiger partial charge in [0, 0.05) is 4.47 Å². The van der Waals surface area contributed by atoms with E-state index in [-0.39, 0.29) is 30.2 Å². The Balaban J connectivity index is 0.000000271. The van der Waals surface area contributed by atoms with Crippen LogP contribution in [0.5, 0.6) is 0 Å². The molecule has 5 nitrogen and oxygen atoms in total. The van der Waals surface area contributed by atoms with Gasteiger partial charge in [0.05, 0.1) is 38.7 Å². The third-order valence-electron chi connectivity index (χ3n) is 3.33. The van der Waals surface area contributed by atoms with Gasteiger partial charge in [0.15, 0.2) is 0 Å². The van der Waals surface area contributed by atoms with E-state index in [2.05, 4.69) is 25.4 Å². The molecule has 0 atom stereocenters. The minimum atomic E-state index is -0.491. The molecule has 0 N–H and O–H groups in total. The summed E-state index contributed by atoms with van der Waals surface area (Å²) < 4.78 is 34.8. The highest BCUT2D eigenvalue weighted by Gasteiger charge is 2.09. The Hall–Kier alpha value is -2.79. The van der Waals surface area contributed by atoms with Crippen molar-refractivity contribution >= 4 is 27.9 Å². The zero-order valence-electron chi connectivity index (χ0n) is 14.6. The summed E-state index contributed by atoms with van der Waals surface area (Å²) >= 11 is 3.16. The van der Waals surface area contributed by atoms with Crippen LogP contribution >= 0.6 is 15.9 Å². The number of benzene rings is 2. The van der Waals surface area contributed by atoms with Crippen LogP contribution in [0.3, 0.4) is 0 Å². The summed E-state index contributed by atoms with van der Waals surface area (Å²) in [7, 11) is 2.58. The Morgan fingerprint density at radius 3 is 1.93 bits per heavy atom. The smallest absolute Gasteiger partial charge is 0.310 e. The number of hydrogen-bond donors (Lipinski definition) is 0. The molecule has 0 aliphatic carbocycles. The van der Waals surface area contributed by atoms with Crippen LogP contribution in [0.1, 0.15) is 16.7 Å². The topological polar surface area (TPSA) is 76.4 Å². The molecule has 0 aromatic heterocycles. The lowest BCUT2D eigenvalue weighted by Crippen LogP contribution is -2.06. The highest BCUT2D eigenvalue weighted by atomic mass is 79.9. The van der Waals surface area contributed by atoms with Crippen LogP contribution in [0.15, 0.2) is 40.9 Å². The van der Waals surface area contributed by atoms with Gasteiger partial charge in [0.1, 0.15) is 11.6 Å². The molecule has 0 saturated carbocycles. The average molecular weight is 440 g/mol. The highest BCUT2D eigenvalue weighted by molar-refractivity contribution is 9.10. The van der Waals surface area contributed by atoms with Crippen molar-refractivity contribution in [3.8, 4) is 6.07 Å². The summed E-state index contributed by atoms with van der Waals surface area (Å²) in [5.74, 6) is -1.61. The summed E-state index contributed by atoms with van der Waals surface area (Å²) in [5, 5.41) is 8.66. The Kier molecular flexibility index (Phi) is 9.09. The van der Waals surface area contributed by atoms with E-state index in [9.17, 15) is 18.4 Å². The maximum absolute atomic E-state index is 12.7. The number of nitriles is 1. The fourth-order valence-corrected chi connectivity index (χ4v) is 2.42. The summed E-state index contributed by atoms with van der Waals surface area (Å²) in [6.45, 7) is 0. The van der Waals surface area contributed by atoms with E-state index in [0.29, 0.717) is 15.6 Å².